The number of hydrogen-bond donors (Lipinski definition) is 4. The summed E-state index contributed by atoms with van der Waals surface area (Å²) in [7, 11) is 4.64. The maximum absolute atomic E-state index is 7.46. The van der Waals surface area contributed by atoms with E-state index in [-0.39, 0.29) is 5.84 Å². The van der Waals surface area contributed by atoms with Crippen LogP contribution in [0.2, 0.25) is 0 Å². The van der Waals surface area contributed by atoms with E-state index in [0.29, 0.717) is 34.9 Å². The highest BCUT2D eigenvalue weighted by Gasteiger charge is 2.31. The van der Waals surface area contributed by atoms with E-state index in [9.17, 15) is 0 Å². The maximum atomic E-state index is 7.46. The van der Waals surface area contributed by atoms with E-state index in [1.54, 1.807) is 21.3 Å². The molecule has 0 aromatic heterocycles. The van der Waals surface area contributed by atoms with Crippen molar-refractivity contribution in [2.75, 3.05) is 21.3 Å². The maximum Gasteiger partial charge on any atom is 0.236 e. The van der Waals surface area contributed by atoms with Gasteiger partial charge in [-0.15, -0.1) is 0 Å². The zero-order chi connectivity index (χ0) is 17.9. The third kappa shape index (κ3) is 3.23. The minimum Gasteiger partial charge on any atom is -0.493 e. The number of ether oxygens (including phenoxy) is 4. The van der Waals surface area contributed by atoms with Crippen molar-refractivity contribution in [2.45, 2.75) is 12.1 Å². The molecule has 8 heteroatoms. The fourth-order valence-corrected chi connectivity index (χ4v) is 2.34. The third-order valence-corrected chi connectivity index (χ3v) is 3.68. The van der Waals surface area contributed by atoms with Crippen LogP contribution in [0.3, 0.4) is 0 Å². The number of benzene rings is 1. The molecular formula is C16H22N4O4. The number of amidine groups is 1. The molecule has 0 fully saturated rings. The van der Waals surface area contributed by atoms with E-state index in [1.165, 1.54) is 12.3 Å². The quantitative estimate of drug-likeness (QED) is 0.441. The highest BCUT2D eigenvalue weighted by molar-refractivity contribution is 5.88. The molecule has 24 heavy (non-hydrogen) atoms. The minimum atomic E-state index is -1.51. The predicted molar refractivity (Wildman–Crippen MR) is 90.1 cm³/mol. The molecule has 8 nitrogen and oxygen atoms in total. The standard InChI is InChI=1S/C16H22N4O4/c1-21-12-5-9(6-13(22-2)14(12)23-3)4-10-8-24-16(20,15(18)19)7-11(10)17/h5-8H,4,17,20H2,1-3H3,(H3,18,19). The van der Waals surface area contributed by atoms with Crippen molar-refractivity contribution < 1.29 is 18.9 Å². The van der Waals surface area contributed by atoms with Gasteiger partial charge in [-0.05, 0) is 17.7 Å². The van der Waals surface area contributed by atoms with Crippen LogP contribution >= 0.6 is 0 Å². The summed E-state index contributed by atoms with van der Waals surface area (Å²) in [4.78, 5) is 0. The molecule has 0 bridgehead atoms. The van der Waals surface area contributed by atoms with Crippen LogP contribution in [0.4, 0.5) is 0 Å². The Morgan fingerprint density at radius 3 is 2.17 bits per heavy atom. The molecule has 130 valence electrons. The molecule has 0 saturated carbocycles. The molecule has 2 rings (SSSR count). The van der Waals surface area contributed by atoms with Crippen LogP contribution in [0.1, 0.15) is 5.56 Å². The molecule has 1 atom stereocenters. The van der Waals surface area contributed by atoms with Gasteiger partial charge in [0.2, 0.25) is 11.5 Å². The number of hydrogen-bond acceptors (Lipinski definition) is 7. The molecule has 0 spiro atoms. The molecule has 1 aromatic rings. The number of nitrogens with two attached hydrogens (primary N) is 3. The molecule has 1 aliphatic rings. The summed E-state index contributed by atoms with van der Waals surface area (Å²) in [5, 5.41) is 7.46. The van der Waals surface area contributed by atoms with Crippen molar-refractivity contribution in [3.05, 3.63) is 41.3 Å². The highest BCUT2D eigenvalue weighted by atomic mass is 16.5. The lowest BCUT2D eigenvalue weighted by Gasteiger charge is -2.29. The van der Waals surface area contributed by atoms with Crippen molar-refractivity contribution in [1.29, 1.82) is 5.41 Å². The van der Waals surface area contributed by atoms with Gasteiger partial charge in [0.05, 0.1) is 27.6 Å². The lowest BCUT2D eigenvalue weighted by molar-refractivity contribution is 0.129. The van der Waals surface area contributed by atoms with E-state index in [4.69, 9.17) is 41.6 Å². The van der Waals surface area contributed by atoms with Crippen LogP contribution in [0.15, 0.2) is 35.7 Å². The lowest BCUT2D eigenvalue weighted by atomic mass is 9.99. The SMILES string of the molecule is COc1cc(CC2=COC(N)(C(=N)N)C=C2N)cc(OC)c1OC. The summed E-state index contributed by atoms with van der Waals surface area (Å²) in [6, 6.07) is 3.65. The van der Waals surface area contributed by atoms with Gasteiger partial charge in [0.1, 0.15) is 0 Å². The van der Waals surface area contributed by atoms with E-state index in [2.05, 4.69) is 0 Å². The van der Waals surface area contributed by atoms with Gasteiger partial charge in [-0.1, -0.05) is 0 Å². The van der Waals surface area contributed by atoms with Gasteiger partial charge >= 0.3 is 0 Å². The molecule has 0 aliphatic carbocycles. The summed E-state index contributed by atoms with van der Waals surface area (Å²) >= 11 is 0. The monoisotopic (exact) mass is 334 g/mol. The summed E-state index contributed by atoms with van der Waals surface area (Å²) in [5.74, 6) is 1.28. The second kappa shape index (κ2) is 6.71. The molecule has 7 N–H and O–H groups in total. The van der Waals surface area contributed by atoms with Crippen LogP contribution in [0, 0.1) is 5.41 Å². The first-order valence-electron chi connectivity index (χ1n) is 7.12. The van der Waals surface area contributed by atoms with Gasteiger partial charge in [-0.3, -0.25) is 11.1 Å². The van der Waals surface area contributed by atoms with E-state index in [0.717, 1.165) is 5.56 Å². The van der Waals surface area contributed by atoms with Crippen LogP contribution in [-0.4, -0.2) is 32.9 Å². The fraction of sp³-hybridized carbons (Fsp3) is 0.312. The molecule has 1 heterocycles. The summed E-state index contributed by atoms with van der Waals surface area (Å²) < 4.78 is 21.3. The van der Waals surface area contributed by atoms with E-state index >= 15 is 0 Å². The smallest absolute Gasteiger partial charge is 0.236 e. The minimum absolute atomic E-state index is 0.325. The first-order valence-corrected chi connectivity index (χ1v) is 7.12. The van der Waals surface area contributed by atoms with Crippen molar-refractivity contribution in [3.8, 4) is 17.2 Å². The van der Waals surface area contributed by atoms with Crippen molar-refractivity contribution in [2.24, 2.45) is 17.2 Å². The van der Waals surface area contributed by atoms with Gasteiger partial charge in [0.15, 0.2) is 17.3 Å². The Morgan fingerprint density at radius 1 is 1.17 bits per heavy atom. The van der Waals surface area contributed by atoms with Crippen molar-refractivity contribution >= 4 is 5.84 Å². The number of methoxy groups -OCH3 is 3. The predicted octanol–water partition coefficient (Wildman–Crippen LogP) is 0.603. The second-order valence-corrected chi connectivity index (χ2v) is 5.28. The Hall–Kier alpha value is -2.87. The van der Waals surface area contributed by atoms with Crippen LogP contribution in [0.5, 0.6) is 17.2 Å². The topological polar surface area (TPSA) is 139 Å². The summed E-state index contributed by atoms with van der Waals surface area (Å²) in [6.45, 7) is 0. The third-order valence-electron chi connectivity index (χ3n) is 3.68. The largest absolute Gasteiger partial charge is 0.493 e. The average molecular weight is 334 g/mol. The molecular weight excluding hydrogens is 312 g/mol. The highest BCUT2D eigenvalue weighted by Crippen LogP contribution is 2.39. The second-order valence-electron chi connectivity index (χ2n) is 5.28. The Morgan fingerprint density at radius 2 is 1.75 bits per heavy atom. The number of nitrogens with one attached hydrogen (secondary N) is 1. The van der Waals surface area contributed by atoms with E-state index in [1.807, 2.05) is 12.1 Å². The zero-order valence-corrected chi connectivity index (χ0v) is 13.9. The first kappa shape index (κ1) is 17.5. The molecule has 0 saturated heterocycles. The molecule has 0 amide bonds. The summed E-state index contributed by atoms with van der Waals surface area (Å²) in [5.41, 5.74) is 17.8. The lowest BCUT2D eigenvalue weighted by Crippen LogP contribution is -2.53. The van der Waals surface area contributed by atoms with Crippen LogP contribution < -0.4 is 31.4 Å². The normalized spacial score (nSPS) is 19.7. The number of allylic oxidation sites excluding steroid dienone is 1. The molecule has 1 aromatic carbocycles. The van der Waals surface area contributed by atoms with Crippen LogP contribution in [-0.2, 0) is 11.2 Å². The molecule has 0 radical (unpaired) electrons. The Balaban J connectivity index is 2.31. The Kier molecular flexibility index (Phi) is 4.89. The zero-order valence-electron chi connectivity index (χ0n) is 13.9. The van der Waals surface area contributed by atoms with Gasteiger partial charge in [-0.2, -0.15) is 0 Å². The van der Waals surface area contributed by atoms with Gasteiger partial charge in [-0.25, -0.2) is 0 Å². The van der Waals surface area contributed by atoms with Gasteiger partial charge < -0.3 is 30.4 Å². The van der Waals surface area contributed by atoms with Gasteiger partial charge in [0.25, 0.3) is 0 Å². The Bertz CT molecular complexity index is 689. The molecule has 1 unspecified atom stereocenters. The molecule has 1 aliphatic heterocycles. The summed E-state index contributed by atoms with van der Waals surface area (Å²) in [6.07, 6.45) is 3.29. The van der Waals surface area contributed by atoms with Gasteiger partial charge in [0, 0.05) is 23.8 Å². The van der Waals surface area contributed by atoms with Crippen LogP contribution in [0.25, 0.3) is 0 Å². The number of rotatable bonds is 6. The fourth-order valence-electron chi connectivity index (χ4n) is 2.34. The average Bonchev–Trinajstić information content (AvgIpc) is 2.56. The van der Waals surface area contributed by atoms with E-state index < -0.39 is 5.72 Å². The van der Waals surface area contributed by atoms with Crippen molar-refractivity contribution in [1.82, 2.24) is 0 Å². The van der Waals surface area contributed by atoms with Crippen molar-refractivity contribution in [3.63, 3.8) is 0 Å². The first-order chi connectivity index (χ1) is 11.3. The Labute approximate surface area is 140 Å².